The molecule has 2 heterocycles. The van der Waals surface area contributed by atoms with Crippen molar-refractivity contribution >= 4 is 5.91 Å². The molecule has 1 aromatic rings. The zero-order chi connectivity index (χ0) is 13.9. The molecule has 3 atom stereocenters. The van der Waals surface area contributed by atoms with E-state index in [1.54, 1.807) is 0 Å². The highest BCUT2D eigenvalue weighted by molar-refractivity contribution is 5.79. The van der Waals surface area contributed by atoms with Crippen LogP contribution in [0.1, 0.15) is 5.56 Å². The Labute approximate surface area is 118 Å². The Morgan fingerprint density at radius 1 is 1.40 bits per heavy atom. The van der Waals surface area contributed by atoms with Crippen LogP contribution in [0.4, 0.5) is 0 Å². The van der Waals surface area contributed by atoms with Gasteiger partial charge in [-0.1, -0.05) is 18.2 Å². The molecule has 0 aromatic heterocycles. The maximum atomic E-state index is 12.2. The number of para-hydroxylation sites is 1. The second kappa shape index (κ2) is 5.81. The van der Waals surface area contributed by atoms with Gasteiger partial charge in [0, 0.05) is 25.6 Å². The quantitative estimate of drug-likeness (QED) is 0.723. The van der Waals surface area contributed by atoms with E-state index in [0.29, 0.717) is 26.1 Å². The van der Waals surface area contributed by atoms with Crippen LogP contribution in [0, 0.1) is 11.8 Å². The van der Waals surface area contributed by atoms with Gasteiger partial charge in [0.05, 0.1) is 12.0 Å². The van der Waals surface area contributed by atoms with Gasteiger partial charge >= 0.3 is 0 Å². The first kappa shape index (κ1) is 13.4. The summed E-state index contributed by atoms with van der Waals surface area (Å²) in [6.07, 6.45) is 0.353. The molecule has 0 bridgehead atoms. The molecule has 0 radical (unpaired) electrons. The molecule has 20 heavy (non-hydrogen) atoms. The van der Waals surface area contributed by atoms with Gasteiger partial charge in [0.25, 0.3) is 0 Å². The van der Waals surface area contributed by atoms with Crippen molar-refractivity contribution in [1.82, 2.24) is 10.6 Å². The topological polar surface area (TPSA) is 70.6 Å². The summed E-state index contributed by atoms with van der Waals surface area (Å²) in [6, 6.07) is 7.83. The van der Waals surface area contributed by atoms with Crippen LogP contribution in [0.2, 0.25) is 0 Å². The maximum absolute atomic E-state index is 12.2. The lowest BCUT2D eigenvalue weighted by Gasteiger charge is -2.25. The fourth-order valence-corrected chi connectivity index (χ4v) is 2.80. The molecule has 0 saturated carbocycles. The van der Waals surface area contributed by atoms with E-state index >= 15 is 0 Å². The van der Waals surface area contributed by atoms with Gasteiger partial charge < -0.3 is 20.5 Å². The van der Waals surface area contributed by atoms with Crippen LogP contribution in [-0.4, -0.2) is 43.4 Å². The van der Waals surface area contributed by atoms with E-state index in [4.69, 9.17) is 4.74 Å². The van der Waals surface area contributed by atoms with Crippen LogP contribution in [-0.2, 0) is 11.2 Å². The second-order valence-corrected chi connectivity index (χ2v) is 5.55. The fraction of sp³-hybridized carbons (Fsp3) is 0.533. The number of aliphatic hydroxyl groups excluding tert-OH is 1. The lowest BCUT2D eigenvalue weighted by atomic mass is 9.95. The highest BCUT2D eigenvalue weighted by Crippen LogP contribution is 2.26. The van der Waals surface area contributed by atoms with Gasteiger partial charge in [-0.25, -0.2) is 0 Å². The molecular formula is C15H20N2O3. The maximum Gasteiger partial charge on any atom is 0.226 e. The van der Waals surface area contributed by atoms with Gasteiger partial charge in [-0.2, -0.15) is 0 Å². The number of carbonyl (C=O) groups is 1. The molecule has 0 aliphatic carbocycles. The molecule has 1 amide bonds. The third-order valence-electron chi connectivity index (χ3n) is 4.09. The van der Waals surface area contributed by atoms with Crippen molar-refractivity contribution < 1.29 is 14.6 Å². The zero-order valence-electron chi connectivity index (χ0n) is 11.3. The Balaban J connectivity index is 1.54. The van der Waals surface area contributed by atoms with E-state index in [2.05, 4.69) is 10.6 Å². The number of fused-ring (bicyclic) bond motifs is 1. The average Bonchev–Trinajstić information content (AvgIpc) is 2.89. The standard InChI is InChI=1S/C15H20N2O3/c18-13-8-16-6-12(13)7-17-15(19)11-5-10-3-1-2-4-14(10)20-9-11/h1-4,11-13,16,18H,5-9H2,(H,17,19). The van der Waals surface area contributed by atoms with Gasteiger partial charge in [0.1, 0.15) is 12.4 Å². The van der Waals surface area contributed by atoms with E-state index in [0.717, 1.165) is 17.9 Å². The summed E-state index contributed by atoms with van der Waals surface area (Å²) in [5.74, 6) is 0.859. The number of benzene rings is 1. The zero-order valence-corrected chi connectivity index (χ0v) is 11.3. The molecule has 0 spiro atoms. The molecule has 1 fully saturated rings. The van der Waals surface area contributed by atoms with Crippen LogP contribution in [0.15, 0.2) is 24.3 Å². The summed E-state index contributed by atoms with van der Waals surface area (Å²) in [4.78, 5) is 12.2. The number of nitrogens with one attached hydrogen (secondary N) is 2. The molecule has 3 N–H and O–H groups in total. The summed E-state index contributed by atoms with van der Waals surface area (Å²) in [5, 5.41) is 15.8. The molecule has 3 unspecified atom stereocenters. The number of hydrogen-bond donors (Lipinski definition) is 3. The lowest BCUT2D eigenvalue weighted by molar-refractivity contribution is -0.126. The number of hydrogen-bond acceptors (Lipinski definition) is 4. The number of β-amino-alcohol motifs (C(OH)–C–C–N with tert-alkyl or cyclic N) is 1. The Bertz CT molecular complexity index is 492. The Kier molecular flexibility index (Phi) is 3.89. The third-order valence-corrected chi connectivity index (χ3v) is 4.09. The van der Waals surface area contributed by atoms with Crippen molar-refractivity contribution in [2.24, 2.45) is 11.8 Å². The summed E-state index contributed by atoms with van der Waals surface area (Å²) >= 11 is 0. The van der Waals surface area contributed by atoms with Crippen molar-refractivity contribution in [2.75, 3.05) is 26.2 Å². The van der Waals surface area contributed by atoms with Crippen molar-refractivity contribution in [3.63, 3.8) is 0 Å². The smallest absolute Gasteiger partial charge is 0.226 e. The second-order valence-electron chi connectivity index (χ2n) is 5.55. The van der Waals surface area contributed by atoms with Crippen LogP contribution in [0.5, 0.6) is 5.75 Å². The highest BCUT2D eigenvalue weighted by atomic mass is 16.5. The summed E-state index contributed by atoms with van der Waals surface area (Å²) < 4.78 is 5.63. The minimum Gasteiger partial charge on any atom is -0.492 e. The monoisotopic (exact) mass is 276 g/mol. The van der Waals surface area contributed by atoms with E-state index in [1.165, 1.54) is 0 Å². The first-order valence-electron chi connectivity index (χ1n) is 7.11. The largest absolute Gasteiger partial charge is 0.492 e. The van der Waals surface area contributed by atoms with Crippen LogP contribution in [0.3, 0.4) is 0 Å². The molecule has 3 rings (SSSR count). The van der Waals surface area contributed by atoms with E-state index < -0.39 is 0 Å². The normalized spacial score (nSPS) is 28.6. The van der Waals surface area contributed by atoms with E-state index in [1.807, 2.05) is 24.3 Å². The summed E-state index contributed by atoms with van der Waals surface area (Å²) in [6.45, 7) is 2.31. The minimum atomic E-state index is -0.362. The minimum absolute atomic E-state index is 0.0126. The summed E-state index contributed by atoms with van der Waals surface area (Å²) in [5.41, 5.74) is 1.08. The molecule has 2 aliphatic rings. The number of carbonyl (C=O) groups excluding carboxylic acids is 1. The van der Waals surface area contributed by atoms with Crippen molar-refractivity contribution in [3.8, 4) is 5.75 Å². The summed E-state index contributed by atoms with van der Waals surface area (Å²) in [7, 11) is 0. The van der Waals surface area contributed by atoms with Gasteiger partial charge in [-0.3, -0.25) is 4.79 Å². The van der Waals surface area contributed by atoms with Gasteiger partial charge in [0.15, 0.2) is 0 Å². The predicted molar refractivity (Wildman–Crippen MR) is 74.5 cm³/mol. The molecule has 2 aliphatic heterocycles. The number of aliphatic hydroxyl groups is 1. The predicted octanol–water partition coefficient (Wildman–Crippen LogP) is -0.0658. The van der Waals surface area contributed by atoms with Gasteiger partial charge in [-0.15, -0.1) is 0 Å². The van der Waals surface area contributed by atoms with Crippen molar-refractivity contribution in [3.05, 3.63) is 29.8 Å². The first-order valence-corrected chi connectivity index (χ1v) is 7.11. The average molecular weight is 276 g/mol. The highest BCUT2D eigenvalue weighted by Gasteiger charge is 2.28. The molecule has 108 valence electrons. The van der Waals surface area contributed by atoms with Crippen LogP contribution in [0.25, 0.3) is 0 Å². The fourth-order valence-electron chi connectivity index (χ4n) is 2.80. The van der Waals surface area contributed by atoms with Gasteiger partial charge in [-0.05, 0) is 18.1 Å². The first-order chi connectivity index (χ1) is 9.74. The molecule has 5 nitrogen and oxygen atoms in total. The lowest BCUT2D eigenvalue weighted by Crippen LogP contribution is -2.41. The van der Waals surface area contributed by atoms with Gasteiger partial charge in [0.2, 0.25) is 5.91 Å². The molecule has 5 heteroatoms. The SMILES string of the molecule is O=C(NCC1CNCC1O)C1COc2ccccc2C1. The third kappa shape index (κ3) is 2.78. The van der Waals surface area contributed by atoms with Crippen molar-refractivity contribution in [1.29, 1.82) is 0 Å². The number of rotatable bonds is 3. The Hall–Kier alpha value is -1.59. The molecule has 1 aromatic carbocycles. The molecule has 1 saturated heterocycles. The Morgan fingerprint density at radius 2 is 2.25 bits per heavy atom. The van der Waals surface area contributed by atoms with E-state index in [9.17, 15) is 9.90 Å². The van der Waals surface area contributed by atoms with Crippen LogP contribution < -0.4 is 15.4 Å². The molecular weight excluding hydrogens is 256 g/mol. The van der Waals surface area contributed by atoms with Crippen molar-refractivity contribution in [2.45, 2.75) is 12.5 Å². The number of amides is 1. The number of ether oxygens (including phenoxy) is 1. The Morgan fingerprint density at radius 3 is 3.05 bits per heavy atom. The van der Waals surface area contributed by atoms with E-state index in [-0.39, 0.29) is 23.8 Å². The van der Waals surface area contributed by atoms with Crippen LogP contribution >= 0.6 is 0 Å².